The average molecular weight is 1100 g/mol. The Labute approximate surface area is 427 Å². The van der Waals surface area contributed by atoms with Crippen molar-refractivity contribution in [2.45, 2.75) is 85.5 Å². The van der Waals surface area contributed by atoms with Crippen molar-refractivity contribution >= 4 is 52.2 Å². The average Bonchev–Trinajstić information content (AvgIpc) is 3.91. The molecule has 5 aliphatic rings. The molecule has 18 nitrogen and oxygen atoms in total. The predicted octanol–water partition coefficient (Wildman–Crippen LogP) is -4.14. The molecule has 0 aromatic carbocycles. The van der Waals surface area contributed by atoms with Crippen molar-refractivity contribution in [2.75, 3.05) is 140 Å². The number of halogens is 2. The maximum Gasteiger partial charge on any atom is 0.373 e. The number of carbonyl (C=O) groups excluding carboxylic acids is 4. The first-order chi connectivity index (χ1) is 31.1. The maximum atomic E-state index is 14.5. The third-order valence-electron chi connectivity index (χ3n) is 16.7. The molecular weight excluding hydrogens is 1020 g/mol. The van der Waals surface area contributed by atoms with Crippen molar-refractivity contribution in [3.8, 4) is 0 Å². The highest BCUT2D eigenvalue weighted by Crippen LogP contribution is 2.43. The van der Waals surface area contributed by atoms with Crippen molar-refractivity contribution in [1.29, 1.82) is 0 Å². The first kappa shape index (κ1) is 65.9. The summed E-state index contributed by atoms with van der Waals surface area (Å²) in [6, 6.07) is 0. The van der Waals surface area contributed by atoms with E-state index in [1.165, 1.54) is 30.4 Å². The second-order valence-corrected chi connectivity index (χ2v) is 29.5. The quantitative estimate of drug-likeness (QED) is 0.0697. The molecule has 5 saturated heterocycles. The van der Waals surface area contributed by atoms with E-state index in [1.807, 2.05) is 6.92 Å². The molecule has 0 amide bonds. The second kappa shape index (κ2) is 28.0. The van der Waals surface area contributed by atoms with E-state index in [4.69, 9.17) is 19.2 Å². The zero-order chi connectivity index (χ0) is 50.5. The fourth-order valence-corrected chi connectivity index (χ4v) is 18.9. The van der Waals surface area contributed by atoms with E-state index in [0.29, 0.717) is 41.6 Å². The number of piperazine rings is 1. The number of likely N-dealkylation sites (tertiary alicyclic amines) is 2. The third-order valence-corrected chi connectivity index (χ3v) is 22.1. The van der Waals surface area contributed by atoms with Crippen LogP contribution in [0.25, 0.3) is 0 Å². The van der Waals surface area contributed by atoms with Crippen molar-refractivity contribution < 1.29 is 105 Å². The molecule has 0 radical (unpaired) electrons. The summed E-state index contributed by atoms with van der Waals surface area (Å²) in [5, 5.41) is 0. The van der Waals surface area contributed by atoms with E-state index in [2.05, 4.69) is 34.9 Å². The van der Waals surface area contributed by atoms with E-state index in [9.17, 15) is 42.8 Å². The number of nitrogens with zero attached hydrogens (tertiary/aromatic N) is 4. The topological polar surface area (TPSA) is 251 Å². The Kier molecular flexibility index (Phi) is 26.7. The fraction of sp³-hybridized carbons (Fsp3) is 0.956. The van der Waals surface area contributed by atoms with E-state index in [0.717, 1.165) is 94.4 Å². The van der Waals surface area contributed by atoms with E-state index in [1.54, 1.807) is 0 Å². The summed E-state index contributed by atoms with van der Waals surface area (Å²) < 4.78 is 127. The number of hydrogen-bond donors (Lipinski definition) is 0. The van der Waals surface area contributed by atoms with Crippen LogP contribution >= 0.6 is 0 Å². The van der Waals surface area contributed by atoms with Crippen LogP contribution in [0.1, 0.15) is 85.5 Å². The highest BCUT2D eigenvalue weighted by atomic mass is 35.5. The third kappa shape index (κ3) is 21.0. The molecule has 0 aliphatic carbocycles. The Morgan fingerprint density at radius 2 is 0.739 bits per heavy atom. The monoisotopic (exact) mass is 1100 g/mol. The lowest BCUT2D eigenvalue weighted by Crippen LogP contribution is -3.00. The van der Waals surface area contributed by atoms with Gasteiger partial charge in [0.15, 0.2) is 19.7 Å². The van der Waals surface area contributed by atoms with Gasteiger partial charge in [0.1, 0.15) is 26.2 Å². The Morgan fingerprint density at radius 3 is 1.09 bits per heavy atom. The zero-order valence-corrected chi connectivity index (χ0v) is 46.8. The van der Waals surface area contributed by atoms with Crippen molar-refractivity contribution in [3.05, 3.63) is 0 Å². The summed E-state index contributed by atoms with van der Waals surface area (Å²) in [4.78, 5) is 32.5. The number of rotatable bonds is 23. The van der Waals surface area contributed by atoms with Gasteiger partial charge in [-0.05, 0) is 38.5 Å². The smallest absolute Gasteiger partial charge is 0.373 e. The largest absolute Gasteiger partial charge is 1.00 e. The van der Waals surface area contributed by atoms with Gasteiger partial charge in [-0.2, -0.15) is 19.2 Å². The summed E-state index contributed by atoms with van der Waals surface area (Å²) >= 11 is 0. The Balaban J connectivity index is 0.00000282. The summed E-state index contributed by atoms with van der Waals surface area (Å²) in [6.45, 7) is 21.2. The van der Waals surface area contributed by atoms with E-state index >= 15 is 0 Å². The van der Waals surface area contributed by atoms with Gasteiger partial charge in [-0.15, -0.1) is 0 Å². The Morgan fingerprint density at radius 1 is 0.435 bits per heavy atom. The number of hydrogen-bond acceptors (Lipinski definition) is 14. The van der Waals surface area contributed by atoms with Crippen LogP contribution in [0.5, 0.6) is 0 Å². The molecule has 10 atom stereocenters. The van der Waals surface area contributed by atoms with Crippen LogP contribution in [-0.2, 0) is 59.1 Å². The molecule has 0 aromatic heterocycles. The van der Waals surface area contributed by atoms with Gasteiger partial charge >= 0.3 is 12.3 Å². The normalized spacial score (nSPS) is 34.4. The SMILES string of the molecule is CCCC1C[N+](C)(CCCS(=O)(=O)[O-])CC1CS(=O)(=O)CC1C[N+]2(CC[N+]3(CC2)CC(CC)C(CC)C3)CC1CCC1C[N+](C)(CCCS(=O)(=O)[O-])CC1CS(=O)(=O)CCC.O=C=O.O=C=O.[Cl-].[Cl-]. The molecule has 24 heteroatoms. The molecule has 69 heavy (non-hydrogen) atoms. The number of sulfone groups is 2. The van der Waals surface area contributed by atoms with Gasteiger partial charge in [0.25, 0.3) is 0 Å². The molecular formula is C45H84Cl2N4O14S4. The van der Waals surface area contributed by atoms with E-state index < -0.39 is 51.4 Å². The minimum absolute atomic E-state index is 0. The van der Waals surface area contributed by atoms with Crippen LogP contribution in [0.15, 0.2) is 0 Å². The lowest BCUT2D eigenvalue weighted by atomic mass is 9.86. The summed E-state index contributed by atoms with van der Waals surface area (Å²) in [7, 11) is -11.3. The summed E-state index contributed by atoms with van der Waals surface area (Å²) in [6.07, 6.45) is 7.49. The maximum absolute atomic E-state index is 14.5. The van der Waals surface area contributed by atoms with Gasteiger partial charge in [-0.25, -0.2) is 33.7 Å². The van der Waals surface area contributed by atoms with Gasteiger partial charge in [0, 0.05) is 77.4 Å². The lowest BCUT2D eigenvalue weighted by Gasteiger charge is -2.47. The molecule has 0 N–H and O–H groups in total. The van der Waals surface area contributed by atoms with Gasteiger partial charge < -0.3 is 51.9 Å². The molecule has 0 bridgehead atoms. The van der Waals surface area contributed by atoms with Crippen molar-refractivity contribution in [3.63, 3.8) is 0 Å². The fourth-order valence-electron chi connectivity index (χ4n) is 13.9. The minimum Gasteiger partial charge on any atom is -1.00 e. The lowest BCUT2D eigenvalue weighted by molar-refractivity contribution is -1.02. The molecule has 5 fully saturated rings. The first-order valence-electron chi connectivity index (χ1n) is 24.7. The van der Waals surface area contributed by atoms with Crippen LogP contribution in [0.4, 0.5) is 0 Å². The minimum atomic E-state index is -4.35. The Bertz CT molecular complexity index is 2090. The van der Waals surface area contributed by atoms with Gasteiger partial charge in [0.2, 0.25) is 0 Å². The molecule has 0 saturated carbocycles. The molecule has 2 spiro atoms. The highest BCUT2D eigenvalue weighted by molar-refractivity contribution is 7.91. The van der Waals surface area contributed by atoms with Crippen LogP contribution in [0.2, 0.25) is 0 Å². The number of quaternary nitrogens is 4. The summed E-state index contributed by atoms with van der Waals surface area (Å²) in [5.41, 5.74) is 0. The van der Waals surface area contributed by atoms with E-state index in [-0.39, 0.29) is 108 Å². The molecule has 0 aromatic rings. The van der Waals surface area contributed by atoms with Crippen LogP contribution in [0.3, 0.4) is 0 Å². The zero-order valence-electron chi connectivity index (χ0n) is 42.0. The molecule has 5 aliphatic heterocycles. The van der Waals surface area contributed by atoms with Crippen LogP contribution in [0, 0.1) is 47.3 Å². The molecule has 406 valence electrons. The highest BCUT2D eigenvalue weighted by Gasteiger charge is 2.55. The second-order valence-electron chi connectivity index (χ2n) is 22.1. The first-order valence-corrected chi connectivity index (χ1v) is 31.5. The van der Waals surface area contributed by atoms with Crippen LogP contribution in [-0.4, -0.2) is 213 Å². The molecule has 5 rings (SSSR count). The van der Waals surface area contributed by atoms with Crippen molar-refractivity contribution in [1.82, 2.24) is 0 Å². The van der Waals surface area contributed by atoms with Gasteiger partial charge in [0.05, 0.1) is 117 Å². The van der Waals surface area contributed by atoms with Crippen LogP contribution < -0.4 is 24.8 Å². The molecule has 5 heterocycles. The summed E-state index contributed by atoms with van der Waals surface area (Å²) in [5.74, 6) is 1.63. The Hall–Kier alpha value is -1.10. The van der Waals surface area contributed by atoms with Gasteiger partial charge in [-0.3, -0.25) is 0 Å². The standard InChI is InChI=1S/C43H84N4O10S4.2CO2.2ClH/c1-7-13-38-25-44(5,16-11-23-60(52,53)54)28-42(38)34-59(50,51)35-43-32-47(20-18-46(19-21-47)29-36(9-3)37(10-4)30-46)31-40(43)15-14-39-26-45(6,17-12-24-61(55,56)57)27-41(39)33-58(48,49)22-8-2;2*2-1-3;;/h36-43H,7-35H2,1-6H3;;;2*1H/q+2;;;;/p-2. The van der Waals surface area contributed by atoms with Crippen molar-refractivity contribution in [2.24, 2.45) is 47.3 Å². The van der Waals surface area contributed by atoms with Gasteiger partial charge in [-0.1, -0.05) is 34.1 Å². The molecule has 10 unspecified atom stereocenters. The predicted molar refractivity (Wildman–Crippen MR) is 250 cm³/mol.